The van der Waals surface area contributed by atoms with Crippen molar-refractivity contribution in [3.05, 3.63) is 69.9 Å². The molecule has 4 rings (SSSR count). The smallest absolute Gasteiger partial charge is 0.426 e. The SMILES string of the molecule is N[C@H](CC(=O)N1CCc2cc(OCc3cc(-c4ccccc4)c(C(F)(F)F)s3)ccc21)C(=O)O. The van der Waals surface area contributed by atoms with Gasteiger partial charge in [0.1, 0.15) is 23.3 Å². The van der Waals surface area contributed by atoms with E-state index in [0.717, 1.165) is 5.56 Å². The highest BCUT2D eigenvalue weighted by atomic mass is 32.1. The number of fused-ring (bicyclic) bond motifs is 1. The maximum Gasteiger partial charge on any atom is 0.426 e. The molecule has 2 heterocycles. The van der Waals surface area contributed by atoms with Crippen LogP contribution in [0.4, 0.5) is 18.9 Å². The van der Waals surface area contributed by atoms with Gasteiger partial charge in [-0.05, 0) is 41.8 Å². The number of carboxylic acid groups (broad SMARTS) is 1. The average molecular weight is 491 g/mol. The number of thiophene rings is 1. The van der Waals surface area contributed by atoms with Gasteiger partial charge in [-0.3, -0.25) is 9.59 Å². The molecular formula is C24H21F3N2O4S. The molecule has 3 aromatic rings. The van der Waals surface area contributed by atoms with Gasteiger partial charge in [-0.25, -0.2) is 0 Å². The highest BCUT2D eigenvalue weighted by molar-refractivity contribution is 7.12. The maximum atomic E-state index is 13.6. The van der Waals surface area contributed by atoms with Crippen LogP contribution in [0.3, 0.4) is 0 Å². The molecule has 34 heavy (non-hydrogen) atoms. The van der Waals surface area contributed by atoms with E-state index in [4.69, 9.17) is 15.6 Å². The van der Waals surface area contributed by atoms with Crippen LogP contribution in [-0.2, 0) is 28.8 Å². The zero-order valence-corrected chi connectivity index (χ0v) is 18.7. The molecular weight excluding hydrogens is 469 g/mol. The Labute approximate surface area is 197 Å². The molecule has 0 spiro atoms. The van der Waals surface area contributed by atoms with E-state index in [2.05, 4.69) is 0 Å². The lowest BCUT2D eigenvalue weighted by Crippen LogP contribution is -2.38. The Morgan fingerprint density at radius 1 is 1.15 bits per heavy atom. The number of amides is 1. The Morgan fingerprint density at radius 2 is 1.88 bits per heavy atom. The highest BCUT2D eigenvalue weighted by Gasteiger charge is 2.36. The zero-order chi connectivity index (χ0) is 24.5. The van der Waals surface area contributed by atoms with Crippen LogP contribution in [0, 0.1) is 0 Å². The first kappa shape index (κ1) is 23.8. The molecule has 0 saturated carbocycles. The lowest BCUT2D eigenvalue weighted by molar-refractivity contribution is -0.140. The third-order valence-electron chi connectivity index (χ3n) is 5.47. The molecule has 1 aliphatic rings. The van der Waals surface area contributed by atoms with Crippen molar-refractivity contribution in [2.24, 2.45) is 5.73 Å². The van der Waals surface area contributed by atoms with Crippen LogP contribution in [-0.4, -0.2) is 29.6 Å². The number of nitrogens with two attached hydrogens (primary N) is 1. The molecule has 10 heteroatoms. The molecule has 3 N–H and O–H groups in total. The summed E-state index contributed by atoms with van der Waals surface area (Å²) in [7, 11) is 0. The number of carbonyl (C=O) groups is 2. The monoisotopic (exact) mass is 490 g/mol. The Bertz CT molecular complexity index is 1210. The number of rotatable bonds is 7. The van der Waals surface area contributed by atoms with Crippen LogP contribution < -0.4 is 15.4 Å². The van der Waals surface area contributed by atoms with E-state index in [-0.39, 0.29) is 24.5 Å². The summed E-state index contributed by atoms with van der Waals surface area (Å²) in [5, 5.41) is 8.91. The maximum absolute atomic E-state index is 13.6. The van der Waals surface area contributed by atoms with Gasteiger partial charge in [0.2, 0.25) is 5.91 Å². The number of carbonyl (C=O) groups excluding carboxylic acids is 1. The summed E-state index contributed by atoms with van der Waals surface area (Å²) in [6.07, 6.45) is -4.23. The minimum Gasteiger partial charge on any atom is -0.488 e. The highest BCUT2D eigenvalue weighted by Crippen LogP contribution is 2.43. The molecule has 0 saturated heterocycles. The number of ether oxygens (including phenoxy) is 1. The molecule has 178 valence electrons. The number of carboxylic acids is 1. The molecule has 1 aliphatic heterocycles. The lowest BCUT2D eigenvalue weighted by Gasteiger charge is -2.18. The number of benzene rings is 2. The molecule has 0 aliphatic carbocycles. The quantitative estimate of drug-likeness (QED) is 0.501. The van der Waals surface area contributed by atoms with Crippen molar-refractivity contribution in [2.45, 2.75) is 31.7 Å². The number of alkyl halides is 3. The second-order valence-electron chi connectivity index (χ2n) is 7.84. The Kier molecular flexibility index (Phi) is 6.63. The van der Waals surface area contributed by atoms with E-state index >= 15 is 0 Å². The Morgan fingerprint density at radius 3 is 2.56 bits per heavy atom. The summed E-state index contributed by atoms with van der Waals surface area (Å²) in [6.45, 7) is 0.361. The van der Waals surface area contributed by atoms with Gasteiger partial charge in [0.25, 0.3) is 0 Å². The fourth-order valence-electron chi connectivity index (χ4n) is 3.82. The average Bonchev–Trinajstić information content (AvgIpc) is 3.42. The molecule has 1 aromatic heterocycles. The number of hydrogen-bond acceptors (Lipinski definition) is 5. The van der Waals surface area contributed by atoms with Gasteiger partial charge in [-0.15, -0.1) is 11.3 Å². The Hall–Kier alpha value is -3.37. The first-order chi connectivity index (χ1) is 16.1. The summed E-state index contributed by atoms with van der Waals surface area (Å²) in [5.41, 5.74) is 7.56. The summed E-state index contributed by atoms with van der Waals surface area (Å²) in [6, 6.07) is 13.7. The predicted molar refractivity (Wildman–Crippen MR) is 122 cm³/mol. The van der Waals surface area contributed by atoms with Crippen LogP contribution in [0.1, 0.15) is 21.7 Å². The number of hydrogen-bond donors (Lipinski definition) is 2. The largest absolute Gasteiger partial charge is 0.488 e. The Balaban J connectivity index is 1.48. The van der Waals surface area contributed by atoms with Gasteiger partial charge in [0.05, 0.1) is 6.42 Å². The van der Waals surface area contributed by atoms with Crippen LogP contribution in [0.25, 0.3) is 11.1 Å². The van der Waals surface area contributed by atoms with Crippen molar-refractivity contribution in [2.75, 3.05) is 11.4 Å². The molecule has 1 amide bonds. The van der Waals surface area contributed by atoms with E-state index in [9.17, 15) is 22.8 Å². The number of aliphatic carboxylic acids is 1. The molecule has 6 nitrogen and oxygen atoms in total. The van der Waals surface area contributed by atoms with E-state index in [1.807, 2.05) is 0 Å². The third kappa shape index (κ3) is 5.07. The van der Waals surface area contributed by atoms with Crippen molar-refractivity contribution >= 4 is 28.9 Å². The van der Waals surface area contributed by atoms with Crippen LogP contribution in [0.5, 0.6) is 5.75 Å². The first-order valence-electron chi connectivity index (χ1n) is 10.4. The van der Waals surface area contributed by atoms with Crippen molar-refractivity contribution in [1.29, 1.82) is 0 Å². The summed E-state index contributed by atoms with van der Waals surface area (Å²) >= 11 is 0.656. The van der Waals surface area contributed by atoms with Crippen molar-refractivity contribution < 1.29 is 32.6 Å². The van der Waals surface area contributed by atoms with Crippen LogP contribution in [0.2, 0.25) is 0 Å². The van der Waals surface area contributed by atoms with Crippen molar-refractivity contribution in [3.63, 3.8) is 0 Å². The summed E-state index contributed by atoms with van der Waals surface area (Å²) in [5.74, 6) is -1.15. The summed E-state index contributed by atoms with van der Waals surface area (Å²) < 4.78 is 46.5. The molecule has 2 aromatic carbocycles. The molecule has 0 bridgehead atoms. The first-order valence-corrected chi connectivity index (χ1v) is 11.2. The molecule has 0 radical (unpaired) electrons. The molecule has 0 fully saturated rings. The van der Waals surface area contributed by atoms with Gasteiger partial charge in [-0.2, -0.15) is 13.2 Å². The van der Waals surface area contributed by atoms with Gasteiger partial charge in [0, 0.05) is 22.7 Å². The number of anilines is 1. The van der Waals surface area contributed by atoms with E-state index in [1.165, 1.54) is 11.0 Å². The zero-order valence-electron chi connectivity index (χ0n) is 17.8. The van der Waals surface area contributed by atoms with Gasteiger partial charge >= 0.3 is 12.1 Å². The minimum atomic E-state index is -4.47. The van der Waals surface area contributed by atoms with Crippen LogP contribution >= 0.6 is 11.3 Å². The normalized spacial score (nSPS) is 14.1. The fourth-order valence-corrected chi connectivity index (χ4v) is 4.78. The standard InChI is InChI=1S/C24H21F3N2O4S/c25-24(26,27)22-18(14-4-2-1-3-5-14)11-17(34-22)13-33-16-6-7-20-15(10-16)8-9-29(20)21(30)12-19(28)23(31)32/h1-7,10-11,19H,8-9,12-13,28H2,(H,31,32)/t19-/m1/s1. The number of halogens is 3. The lowest BCUT2D eigenvalue weighted by atomic mass is 10.1. The van der Waals surface area contributed by atoms with E-state index < -0.39 is 23.1 Å². The second-order valence-corrected chi connectivity index (χ2v) is 8.98. The molecule has 0 unspecified atom stereocenters. The topological polar surface area (TPSA) is 92.9 Å². The molecule has 1 atom stereocenters. The van der Waals surface area contributed by atoms with Gasteiger partial charge < -0.3 is 20.5 Å². The predicted octanol–water partition coefficient (Wildman–Crippen LogP) is 4.70. The van der Waals surface area contributed by atoms with Crippen molar-refractivity contribution in [3.8, 4) is 16.9 Å². The van der Waals surface area contributed by atoms with Crippen molar-refractivity contribution in [1.82, 2.24) is 0 Å². The fraction of sp³-hybridized carbons (Fsp3) is 0.250. The summed E-state index contributed by atoms with van der Waals surface area (Å²) in [4.78, 5) is 24.6. The van der Waals surface area contributed by atoms with Gasteiger partial charge in [-0.1, -0.05) is 30.3 Å². The third-order valence-corrected chi connectivity index (χ3v) is 6.62. The van der Waals surface area contributed by atoms with Crippen LogP contribution in [0.15, 0.2) is 54.6 Å². The van der Waals surface area contributed by atoms with Gasteiger partial charge in [0.15, 0.2) is 0 Å². The minimum absolute atomic E-state index is 0.0323. The van der Waals surface area contributed by atoms with E-state index in [1.54, 1.807) is 48.5 Å². The number of nitrogens with zero attached hydrogens (tertiary/aromatic N) is 1. The van der Waals surface area contributed by atoms with E-state index in [0.29, 0.717) is 46.2 Å². The second kappa shape index (κ2) is 9.47.